The van der Waals surface area contributed by atoms with Crippen LogP contribution in [-0.2, 0) is 4.79 Å². The van der Waals surface area contributed by atoms with Crippen molar-refractivity contribution in [3.05, 3.63) is 72.7 Å². The molecule has 0 unspecified atom stereocenters. The largest absolute Gasteiger partial charge is 0.383 e. The molecule has 1 aliphatic carbocycles. The van der Waals surface area contributed by atoms with Gasteiger partial charge in [0.25, 0.3) is 5.91 Å². The summed E-state index contributed by atoms with van der Waals surface area (Å²) in [7, 11) is 2.09. The van der Waals surface area contributed by atoms with E-state index < -0.39 is 0 Å². The molecule has 1 aliphatic heterocycles. The van der Waals surface area contributed by atoms with Crippen molar-refractivity contribution >= 4 is 34.5 Å². The predicted molar refractivity (Wildman–Crippen MR) is 152 cm³/mol. The molecule has 4 heterocycles. The number of aromatic nitrogens is 5. The third-order valence-electron chi connectivity index (χ3n) is 7.46. The smallest absolute Gasteiger partial charge is 0.256 e. The van der Waals surface area contributed by atoms with E-state index in [0.29, 0.717) is 46.5 Å². The topological polar surface area (TPSA) is 135 Å². The molecule has 2 aliphatic rings. The second-order valence-corrected chi connectivity index (χ2v) is 10.2. The van der Waals surface area contributed by atoms with Gasteiger partial charge in [-0.2, -0.15) is 5.10 Å². The number of fused-ring (bicyclic) bond motifs is 1. The maximum Gasteiger partial charge on any atom is 0.256 e. The lowest BCUT2D eigenvalue weighted by molar-refractivity contribution is -0.128. The zero-order chi connectivity index (χ0) is 27.6. The van der Waals surface area contributed by atoms with E-state index in [4.69, 9.17) is 10.8 Å². The Morgan fingerprint density at radius 2 is 1.93 bits per heavy atom. The minimum atomic E-state index is -0.285. The average molecular weight is 538 g/mol. The summed E-state index contributed by atoms with van der Waals surface area (Å²) in [6.45, 7) is 1.40. The third-order valence-corrected chi connectivity index (χ3v) is 7.46. The van der Waals surface area contributed by atoms with Crippen molar-refractivity contribution in [3.63, 3.8) is 0 Å². The standard InChI is InChI=1S/C29H31N9O2/c1-36(21-13-14-21)16-5-8-24(39)37-17-4-7-23(37)38-28-25(27(30)32-18-33-28)26(35-38)19-9-11-20(12-10-19)29(40)34-22-6-2-3-15-31-22/h2-3,5-6,8-12,15,18,21,23H,4,7,13-14,16-17H2,1H3,(H2,30,32,33)(H,31,34,40)/b8-5+/t23-/m1/s1. The van der Waals surface area contributed by atoms with E-state index in [0.717, 1.165) is 24.9 Å². The highest BCUT2D eigenvalue weighted by Crippen LogP contribution is 2.35. The summed E-state index contributed by atoms with van der Waals surface area (Å²) in [5, 5.41) is 8.32. The average Bonchev–Trinajstić information content (AvgIpc) is 3.58. The first kappa shape index (κ1) is 25.6. The van der Waals surface area contributed by atoms with E-state index in [1.54, 1.807) is 41.2 Å². The third kappa shape index (κ3) is 5.15. The summed E-state index contributed by atoms with van der Waals surface area (Å²) in [4.78, 5) is 42.8. The van der Waals surface area contributed by atoms with Crippen LogP contribution in [0.1, 0.15) is 42.2 Å². The molecule has 4 aromatic rings. The molecule has 0 radical (unpaired) electrons. The Morgan fingerprint density at radius 3 is 2.67 bits per heavy atom. The van der Waals surface area contributed by atoms with Gasteiger partial charge in [0.2, 0.25) is 5.91 Å². The van der Waals surface area contributed by atoms with E-state index in [1.807, 2.05) is 29.2 Å². The van der Waals surface area contributed by atoms with E-state index in [-0.39, 0.29) is 18.0 Å². The number of carbonyl (C=O) groups is 2. The molecule has 1 saturated carbocycles. The van der Waals surface area contributed by atoms with Crippen LogP contribution in [0.3, 0.4) is 0 Å². The maximum atomic E-state index is 13.2. The Kier molecular flexibility index (Phi) is 6.95. The maximum absolute atomic E-state index is 13.2. The van der Waals surface area contributed by atoms with Crippen LogP contribution >= 0.6 is 0 Å². The molecule has 1 aromatic carbocycles. The Morgan fingerprint density at radius 1 is 1.10 bits per heavy atom. The number of carbonyl (C=O) groups excluding carboxylic acids is 2. The van der Waals surface area contributed by atoms with Crippen LogP contribution in [0.2, 0.25) is 0 Å². The first-order chi connectivity index (χ1) is 19.5. The highest BCUT2D eigenvalue weighted by Gasteiger charge is 2.32. The van der Waals surface area contributed by atoms with Crippen molar-refractivity contribution in [2.45, 2.75) is 37.9 Å². The van der Waals surface area contributed by atoms with Gasteiger partial charge in [0.05, 0.1) is 5.39 Å². The molecular formula is C29H31N9O2. The summed E-state index contributed by atoms with van der Waals surface area (Å²) in [6, 6.07) is 13.1. The van der Waals surface area contributed by atoms with Crippen molar-refractivity contribution in [2.24, 2.45) is 0 Å². The van der Waals surface area contributed by atoms with Crippen molar-refractivity contribution in [3.8, 4) is 11.3 Å². The minimum Gasteiger partial charge on any atom is -0.383 e. The number of anilines is 2. The van der Waals surface area contributed by atoms with Gasteiger partial charge in [-0.15, -0.1) is 0 Å². The van der Waals surface area contributed by atoms with Gasteiger partial charge in [-0.25, -0.2) is 19.6 Å². The van der Waals surface area contributed by atoms with Crippen LogP contribution in [-0.4, -0.2) is 72.5 Å². The fourth-order valence-electron chi connectivity index (χ4n) is 5.15. The number of nitrogen functional groups attached to an aromatic ring is 1. The quantitative estimate of drug-likeness (QED) is 0.326. The van der Waals surface area contributed by atoms with E-state index in [1.165, 1.54) is 19.2 Å². The molecule has 40 heavy (non-hydrogen) atoms. The van der Waals surface area contributed by atoms with Gasteiger partial charge in [-0.05, 0) is 57.0 Å². The van der Waals surface area contributed by atoms with Crippen LogP contribution < -0.4 is 11.1 Å². The molecule has 204 valence electrons. The summed E-state index contributed by atoms with van der Waals surface area (Å²) < 4.78 is 1.79. The molecule has 2 amide bonds. The highest BCUT2D eigenvalue weighted by molar-refractivity contribution is 6.04. The number of pyridine rings is 1. The molecule has 2 fully saturated rings. The number of benzene rings is 1. The highest BCUT2D eigenvalue weighted by atomic mass is 16.2. The van der Waals surface area contributed by atoms with Crippen LogP contribution in [0, 0.1) is 0 Å². The molecule has 11 nitrogen and oxygen atoms in total. The van der Waals surface area contributed by atoms with Gasteiger partial charge >= 0.3 is 0 Å². The first-order valence-corrected chi connectivity index (χ1v) is 13.5. The number of hydrogen-bond donors (Lipinski definition) is 2. The Bertz CT molecular complexity index is 1560. The lowest BCUT2D eigenvalue weighted by Gasteiger charge is -2.24. The second kappa shape index (κ2) is 10.9. The summed E-state index contributed by atoms with van der Waals surface area (Å²) in [5.74, 6) is 0.482. The van der Waals surface area contributed by atoms with E-state index in [2.05, 4.69) is 32.2 Å². The van der Waals surface area contributed by atoms with Crippen LogP contribution in [0.25, 0.3) is 22.3 Å². The molecule has 0 spiro atoms. The minimum absolute atomic E-state index is 0.0396. The van der Waals surface area contributed by atoms with Gasteiger partial charge in [-0.1, -0.05) is 24.3 Å². The van der Waals surface area contributed by atoms with Gasteiger partial charge in [-0.3, -0.25) is 14.5 Å². The molecule has 1 atom stereocenters. The zero-order valence-electron chi connectivity index (χ0n) is 22.3. The van der Waals surface area contributed by atoms with E-state index >= 15 is 0 Å². The number of likely N-dealkylation sites (tertiary alicyclic amines) is 1. The van der Waals surface area contributed by atoms with Crippen LogP contribution in [0.5, 0.6) is 0 Å². The van der Waals surface area contributed by atoms with Gasteiger partial charge < -0.3 is 16.0 Å². The number of hydrogen-bond acceptors (Lipinski definition) is 8. The molecule has 11 heteroatoms. The normalized spacial score (nSPS) is 17.2. The first-order valence-electron chi connectivity index (χ1n) is 13.5. The lowest BCUT2D eigenvalue weighted by Crippen LogP contribution is -2.33. The van der Waals surface area contributed by atoms with Gasteiger partial charge in [0.15, 0.2) is 5.65 Å². The number of nitrogens with zero attached hydrogens (tertiary/aromatic N) is 7. The Balaban J connectivity index is 1.26. The molecule has 1 saturated heterocycles. The van der Waals surface area contributed by atoms with Crippen molar-refractivity contribution in [1.82, 2.24) is 34.5 Å². The Labute approximate surface area is 231 Å². The molecular weight excluding hydrogens is 506 g/mol. The van der Waals surface area contributed by atoms with Gasteiger partial charge in [0, 0.05) is 42.5 Å². The summed E-state index contributed by atoms with van der Waals surface area (Å²) in [5.41, 5.74) is 8.73. The van der Waals surface area contributed by atoms with Crippen molar-refractivity contribution < 1.29 is 9.59 Å². The zero-order valence-corrected chi connectivity index (χ0v) is 22.3. The number of nitrogens with two attached hydrogens (primary N) is 1. The lowest BCUT2D eigenvalue weighted by atomic mass is 10.1. The second-order valence-electron chi connectivity index (χ2n) is 10.2. The monoisotopic (exact) mass is 537 g/mol. The molecule has 3 N–H and O–H groups in total. The van der Waals surface area contributed by atoms with Gasteiger partial charge in [0.1, 0.15) is 29.8 Å². The van der Waals surface area contributed by atoms with Crippen molar-refractivity contribution in [1.29, 1.82) is 0 Å². The van der Waals surface area contributed by atoms with Crippen LogP contribution in [0.15, 0.2) is 67.1 Å². The summed E-state index contributed by atoms with van der Waals surface area (Å²) >= 11 is 0. The molecule has 3 aromatic heterocycles. The number of rotatable bonds is 8. The fraction of sp³-hybridized carbons (Fsp3) is 0.310. The SMILES string of the molecule is CN(C/C=C/C(=O)N1CCC[C@H]1n1nc(-c2ccc(C(=O)Nc3ccccn3)cc2)c2c(N)ncnc21)C1CC1. The Hall–Kier alpha value is -4.64. The fourth-order valence-corrected chi connectivity index (χ4v) is 5.15. The predicted octanol–water partition coefficient (Wildman–Crippen LogP) is 3.49. The molecule has 6 rings (SSSR count). The summed E-state index contributed by atoms with van der Waals surface area (Å²) in [6.07, 6.45) is 10.4. The number of likely N-dealkylation sites (N-methyl/N-ethyl adjacent to an activating group) is 1. The number of amides is 2. The number of nitrogens with one attached hydrogen (secondary N) is 1. The van der Waals surface area contributed by atoms with Crippen molar-refractivity contribution in [2.75, 3.05) is 31.2 Å². The van der Waals surface area contributed by atoms with Crippen LogP contribution in [0.4, 0.5) is 11.6 Å². The molecule has 0 bridgehead atoms. The van der Waals surface area contributed by atoms with E-state index in [9.17, 15) is 9.59 Å².